The molecule has 0 atom stereocenters. The topological polar surface area (TPSA) is 91.6 Å². The Hall–Kier alpha value is -3.00. The van der Waals surface area contributed by atoms with Gasteiger partial charge in [0.1, 0.15) is 5.82 Å². The molecule has 1 fully saturated rings. The van der Waals surface area contributed by atoms with Crippen LogP contribution in [-0.4, -0.2) is 60.0 Å². The van der Waals surface area contributed by atoms with Gasteiger partial charge in [-0.05, 0) is 13.0 Å². The summed E-state index contributed by atoms with van der Waals surface area (Å²) in [6.45, 7) is 5.86. The molecule has 1 aliphatic heterocycles. The van der Waals surface area contributed by atoms with Gasteiger partial charge in [-0.2, -0.15) is 0 Å². The molecule has 1 amide bonds. The van der Waals surface area contributed by atoms with Gasteiger partial charge in [-0.25, -0.2) is 4.98 Å². The predicted octanol–water partition coefficient (Wildman–Crippen LogP) is 1.91. The van der Waals surface area contributed by atoms with Crippen molar-refractivity contribution in [1.29, 1.82) is 0 Å². The molecule has 8 heteroatoms. The Morgan fingerprint density at radius 1 is 1.15 bits per heavy atom. The minimum Gasteiger partial charge on any atom is -0.355 e. The zero-order valence-corrected chi connectivity index (χ0v) is 15.3. The number of carbonyl (C=O) groups is 1. The van der Waals surface area contributed by atoms with Crippen molar-refractivity contribution < 1.29 is 9.72 Å². The molecule has 2 aromatic rings. The molecule has 0 aliphatic carbocycles. The molecule has 142 valence electrons. The number of aromatic nitrogens is 1. The third-order valence-electron chi connectivity index (χ3n) is 4.54. The van der Waals surface area contributed by atoms with E-state index in [9.17, 15) is 14.9 Å². The zero-order chi connectivity index (χ0) is 19.2. The Kier molecular flexibility index (Phi) is 5.97. The number of piperazine rings is 1. The molecule has 1 aromatic carbocycles. The van der Waals surface area contributed by atoms with Crippen LogP contribution in [-0.2, 0) is 4.79 Å². The highest BCUT2D eigenvalue weighted by molar-refractivity contribution is 5.78. The highest BCUT2D eigenvalue weighted by atomic mass is 16.6. The van der Waals surface area contributed by atoms with Gasteiger partial charge in [0.05, 0.1) is 11.5 Å². The molecule has 1 aromatic heterocycles. The van der Waals surface area contributed by atoms with Crippen molar-refractivity contribution in [3.8, 4) is 11.3 Å². The summed E-state index contributed by atoms with van der Waals surface area (Å²) in [7, 11) is 0. The normalized spacial score (nSPS) is 14.8. The van der Waals surface area contributed by atoms with Gasteiger partial charge in [-0.15, -0.1) is 0 Å². The van der Waals surface area contributed by atoms with Crippen LogP contribution in [0.5, 0.6) is 0 Å². The van der Waals surface area contributed by atoms with E-state index in [2.05, 4.69) is 20.1 Å². The van der Waals surface area contributed by atoms with Crippen LogP contribution in [0.3, 0.4) is 0 Å². The summed E-state index contributed by atoms with van der Waals surface area (Å²) in [6, 6.07) is 12.4. The third-order valence-corrected chi connectivity index (χ3v) is 4.54. The molecule has 8 nitrogen and oxygen atoms in total. The number of rotatable bonds is 6. The first kappa shape index (κ1) is 18.8. The lowest BCUT2D eigenvalue weighted by molar-refractivity contribution is -0.384. The summed E-state index contributed by atoms with van der Waals surface area (Å²) in [6.07, 6.45) is 0. The fourth-order valence-corrected chi connectivity index (χ4v) is 3.16. The largest absolute Gasteiger partial charge is 0.355 e. The molecule has 0 bridgehead atoms. The number of amides is 1. The first-order valence-corrected chi connectivity index (χ1v) is 9.03. The average Bonchev–Trinajstić information content (AvgIpc) is 2.69. The van der Waals surface area contributed by atoms with Crippen LogP contribution in [0.4, 0.5) is 11.5 Å². The van der Waals surface area contributed by atoms with E-state index in [1.54, 1.807) is 6.07 Å². The molecule has 3 rings (SSSR count). The lowest BCUT2D eigenvalue weighted by Gasteiger charge is -2.35. The molecule has 0 radical (unpaired) electrons. The fourth-order valence-electron chi connectivity index (χ4n) is 3.16. The van der Waals surface area contributed by atoms with Gasteiger partial charge in [-0.1, -0.05) is 30.3 Å². The third kappa shape index (κ3) is 4.59. The fraction of sp³-hybridized carbons (Fsp3) is 0.368. The van der Waals surface area contributed by atoms with Crippen LogP contribution < -0.4 is 10.2 Å². The minimum atomic E-state index is -0.399. The number of nitrogens with one attached hydrogen (secondary N) is 1. The van der Waals surface area contributed by atoms with E-state index in [-0.39, 0.29) is 11.6 Å². The second kappa shape index (κ2) is 8.59. The second-order valence-electron chi connectivity index (χ2n) is 6.38. The number of nitrogens with zero attached hydrogens (tertiary/aromatic N) is 4. The Morgan fingerprint density at radius 3 is 2.48 bits per heavy atom. The van der Waals surface area contributed by atoms with E-state index in [0.717, 1.165) is 37.6 Å². The Morgan fingerprint density at radius 2 is 1.85 bits per heavy atom. The maximum Gasteiger partial charge on any atom is 0.295 e. The van der Waals surface area contributed by atoms with E-state index in [4.69, 9.17) is 0 Å². The van der Waals surface area contributed by atoms with Gasteiger partial charge < -0.3 is 10.2 Å². The van der Waals surface area contributed by atoms with Gasteiger partial charge in [0.15, 0.2) is 5.69 Å². The number of benzene rings is 1. The molecule has 0 saturated carbocycles. The van der Waals surface area contributed by atoms with Gasteiger partial charge in [-0.3, -0.25) is 19.8 Å². The van der Waals surface area contributed by atoms with E-state index >= 15 is 0 Å². The number of nitro groups is 1. The molecule has 0 spiro atoms. The second-order valence-corrected chi connectivity index (χ2v) is 6.38. The van der Waals surface area contributed by atoms with Gasteiger partial charge in [0, 0.05) is 44.4 Å². The first-order chi connectivity index (χ1) is 13.1. The van der Waals surface area contributed by atoms with Crippen LogP contribution in [0.2, 0.25) is 0 Å². The Balaban J connectivity index is 1.75. The Bertz CT molecular complexity index is 804. The van der Waals surface area contributed by atoms with Crippen molar-refractivity contribution in [2.24, 2.45) is 0 Å². The van der Waals surface area contributed by atoms with Crippen LogP contribution >= 0.6 is 0 Å². The molecular weight excluding hydrogens is 346 g/mol. The highest BCUT2D eigenvalue weighted by Gasteiger charge is 2.23. The van der Waals surface area contributed by atoms with Gasteiger partial charge in [0.2, 0.25) is 5.91 Å². The van der Waals surface area contributed by atoms with Crippen molar-refractivity contribution in [2.45, 2.75) is 6.92 Å². The average molecular weight is 369 g/mol. The summed E-state index contributed by atoms with van der Waals surface area (Å²) >= 11 is 0. The molecule has 1 N–H and O–H groups in total. The number of carbonyl (C=O) groups excluding carboxylic acids is 1. The molecule has 1 saturated heterocycles. The maximum absolute atomic E-state index is 11.7. The first-order valence-electron chi connectivity index (χ1n) is 9.03. The number of hydrogen-bond acceptors (Lipinski definition) is 6. The smallest absolute Gasteiger partial charge is 0.295 e. The van der Waals surface area contributed by atoms with E-state index < -0.39 is 4.92 Å². The predicted molar refractivity (Wildman–Crippen MR) is 104 cm³/mol. The minimum absolute atomic E-state index is 0.000164. The SMILES string of the molecule is CCNC(=O)CN1CCN(c2ccc([N+](=O)[O-])c(-c3ccccc3)n2)CC1. The zero-order valence-electron chi connectivity index (χ0n) is 15.3. The lowest BCUT2D eigenvalue weighted by atomic mass is 10.1. The molecule has 1 aliphatic rings. The monoisotopic (exact) mass is 369 g/mol. The summed E-state index contributed by atoms with van der Waals surface area (Å²) in [5.41, 5.74) is 1.10. The summed E-state index contributed by atoms with van der Waals surface area (Å²) < 4.78 is 0. The number of likely N-dealkylation sites (N-methyl/N-ethyl adjacent to an activating group) is 1. The van der Waals surface area contributed by atoms with Crippen LogP contribution in [0.1, 0.15) is 6.92 Å². The van der Waals surface area contributed by atoms with Gasteiger partial charge >= 0.3 is 0 Å². The standard InChI is InChI=1S/C19H23N5O3/c1-2-20-18(25)14-22-10-12-23(13-11-22)17-9-8-16(24(26)27)19(21-17)15-6-4-3-5-7-15/h3-9H,2,10-14H2,1H3,(H,20,25). The molecule has 0 unspecified atom stereocenters. The van der Waals surface area contributed by atoms with Crippen molar-refractivity contribution in [1.82, 2.24) is 15.2 Å². The van der Waals surface area contributed by atoms with Crippen LogP contribution in [0.15, 0.2) is 42.5 Å². The summed E-state index contributed by atoms with van der Waals surface area (Å²) in [5, 5.41) is 14.2. The van der Waals surface area contributed by atoms with Crippen molar-refractivity contribution in [2.75, 3.05) is 44.2 Å². The summed E-state index contributed by atoms with van der Waals surface area (Å²) in [5.74, 6) is 0.753. The highest BCUT2D eigenvalue weighted by Crippen LogP contribution is 2.30. The van der Waals surface area contributed by atoms with E-state index in [0.29, 0.717) is 18.8 Å². The quantitative estimate of drug-likeness (QED) is 0.618. The van der Waals surface area contributed by atoms with Crippen molar-refractivity contribution in [3.05, 3.63) is 52.6 Å². The van der Waals surface area contributed by atoms with Crippen LogP contribution in [0.25, 0.3) is 11.3 Å². The molecular formula is C19H23N5O3. The number of anilines is 1. The van der Waals surface area contributed by atoms with Crippen LogP contribution in [0, 0.1) is 10.1 Å². The summed E-state index contributed by atoms with van der Waals surface area (Å²) in [4.78, 5) is 31.5. The van der Waals surface area contributed by atoms with Crippen molar-refractivity contribution in [3.63, 3.8) is 0 Å². The van der Waals surface area contributed by atoms with E-state index in [1.165, 1.54) is 6.07 Å². The molecule has 27 heavy (non-hydrogen) atoms. The number of pyridine rings is 1. The lowest BCUT2D eigenvalue weighted by Crippen LogP contribution is -2.49. The van der Waals surface area contributed by atoms with Gasteiger partial charge in [0.25, 0.3) is 5.69 Å². The van der Waals surface area contributed by atoms with E-state index in [1.807, 2.05) is 37.3 Å². The van der Waals surface area contributed by atoms with Crippen molar-refractivity contribution >= 4 is 17.4 Å². The Labute approximate surface area is 158 Å². The molecule has 2 heterocycles. The maximum atomic E-state index is 11.7. The number of hydrogen-bond donors (Lipinski definition) is 1.